The molecular weight excluding hydrogens is 337 g/mol. The van der Waals surface area contributed by atoms with Crippen molar-refractivity contribution in [3.8, 4) is 0 Å². The lowest BCUT2D eigenvalue weighted by Gasteiger charge is -2.33. The first kappa shape index (κ1) is 18.1. The average Bonchev–Trinajstić information content (AvgIpc) is 3.00. The molecule has 2 heterocycles. The lowest BCUT2D eigenvalue weighted by molar-refractivity contribution is 0.0688. The second-order valence-corrected chi connectivity index (χ2v) is 6.84. The molecule has 1 aliphatic heterocycles. The first-order valence-corrected chi connectivity index (χ1v) is 8.63. The van der Waals surface area contributed by atoms with Crippen LogP contribution in [0.4, 0.5) is 4.39 Å². The summed E-state index contributed by atoms with van der Waals surface area (Å²) in [7, 11) is 0. The Balaban J connectivity index is 1.71. The highest BCUT2D eigenvalue weighted by molar-refractivity contribution is 5.94. The smallest absolute Gasteiger partial charge is 0.339 e. The average molecular weight is 359 g/mol. The van der Waals surface area contributed by atoms with Gasteiger partial charge in [-0.2, -0.15) is 5.10 Å². The molecule has 138 valence electrons. The Morgan fingerprint density at radius 2 is 1.73 bits per heavy atom. The lowest BCUT2D eigenvalue weighted by Crippen LogP contribution is -2.39. The molecule has 2 aromatic rings. The van der Waals surface area contributed by atoms with Crippen LogP contribution in [0.3, 0.4) is 0 Å². The first-order chi connectivity index (χ1) is 12.3. The van der Waals surface area contributed by atoms with Gasteiger partial charge in [-0.3, -0.25) is 9.48 Å². The molecule has 1 aliphatic rings. The van der Waals surface area contributed by atoms with Gasteiger partial charge in [-0.25, -0.2) is 9.18 Å². The maximum Gasteiger partial charge on any atom is 0.339 e. The van der Waals surface area contributed by atoms with Crippen LogP contribution in [-0.2, 0) is 0 Å². The molecule has 3 rings (SSSR count). The molecule has 6 nitrogen and oxygen atoms in total. The van der Waals surface area contributed by atoms with Gasteiger partial charge < -0.3 is 10.0 Å². The van der Waals surface area contributed by atoms with Crippen molar-refractivity contribution in [1.29, 1.82) is 0 Å². The highest BCUT2D eigenvalue weighted by Gasteiger charge is 2.27. The van der Waals surface area contributed by atoms with Gasteiger partial charge in [0.1, 0.15) is 11.4 Å². The van der Waals surface area contributed by atoms with Crippen molar-refractivity contribution >= 4 is 11.9 Å². The van der Waals surface area contributed by atoms with Gasteiger partial charge in [-0.15, -0.1) is 0 Å². The minimum atomic E-state index is -0.983. The number of carboxylic acid groups (broad SMARTS) is 1. The van der Waals surface area contributed by atoms with Gasteiger partial charge in [0.2, 0.25) is 0 Å². The van der Waals surface area contributed by atoms with E-state index >= 15 is 0 Å². The number of carboxylic acids is 1. The summed E-state index contributed by atoms with van der Waals surface area (Å²) in [6.45, 7) is 6.18. The van der Waals surface area contributed by atoms with Crippen LogP contribution in [0.15, 0.2) is 18.3 Å². The fourth-order valence-corrected chi connectivity index (χ4v) is 3.57. The second-order valence-electron chi connectivity index (χ2n) is 6.84. The van der Waals surface area contributed by atoms with Crippen molar-refractivity contribution in [2.75, 3.05) is 13.1 Å². The number of aromatic nitrogens is 2. The van der Waals surface area contributed by atoms with Crippen molar-refractivity contribution in [1.82, 2.24) is 14.7 Å². The summed E-state index contributed by atoms with van der Waals surface area (Å²) in [5, 5.41) is 13.4. The summed E-state index contributed by atoms with van der Waals surface area (Å²) in [6, 6.07) is 3.25. The van der Waals surface area contributed by atoms with Crippen LogP contribution in [0.1, 0.15) is 56.4 Å². The molecule has 0 spiro atoms. The SMILES string of the molecule is Cc1cc(C(=O)N2CCC(n3ncc(C(=O)O)c3C)CC2)cc(C)c1F. The van der Waals surface area contributed by atoms with Crippen LogP contribution < -0.4 is 0 Å². The Bertz CT molecular complexity index is 844. The van der Waals surface area contributed by atoms with Gasteiger partial charge in [0.15, 0.2) is 0 Å². The third-order valence-electron chi connectivity index (χ3n) is 5.06. The summed E-state index contributed by atoms with van der Waals surface area (Å²) < 4.78 is 15.5. The predicted molar refractivity (Wildman–Crippen MR) is 94.0 cm³/mol. The van der Waals surface area contributed by atoms with E-state index in [1.54, 1.807) is 42.5 Å². The van der Waals surface area contributed by atoms with E-state index in [0.717, 1.165) is 0 Å². The van der Waals surface area contributed by atoms with Crippen LogP contribution >= 0.6 is 0 Å². The molecule has 1 aromatic carbocycles. The third-order valence-corrected chi connectivity index (χ3v) is 5.06. The Kier molecular flexibility index (Phi) is 4.80. The molecule has 1 saturated heterocycles. The number of likely N-dealkylation sites (tertiary alicyclic amines) is 1. The quantitative estimate of drug-likeness (QED) is 0.914. The van der Waals surface area contributed by atoms with Crippen molar-refractivity contribution < 1.29 is 19.1 Å². The van der Waals surface area contributed by atoms with Gasteiger partial charge >= 0.3 is 5.97 Å². The number of halogens is 1. The van der Waals surface area contributed by atoms with Crippen molar-refractivity contribution in [2.24, 2.45) is 0 Å². The molecule has 0 atom stereocenters. The van der Waals surface area contributed by atoms with E-state index in [2.05, 4.69) is 5.10 Å². The van der Waals surface area contributed by atoms with Gasteiger partial charge in [-0.1, -0.05) is 0 Å². The monoisotopic (exact) mass is 359 g/mol. The fourth-order valence-electron chi connectivity index (χ4n) is 3.57. The standard InChI is InChI=1S/C19H22FN3O3/c1-11-8-14(9-12(2)17(11)20)18(24)22-6-4-15(5-7-22)23-13(3)16(10-21-23)19(25)26/h8-10,15H,4-7H2,1-3H3,(H,25,26). The molecule has 7 heteroatoms. The molecule has 0 saturated carbocycles. The molecule has 26 heavy (non-hydrogen) atoms. The number of piperidine rings is 1. The summed E-state index contributed by atoms with van der Waals surface area (Å²) in [4.78, 5) is 25.6. The minimum Gasteiger partial charge on any atom is -0.478 e. The Morgan fingerprint density at radius 1 is 1.15 bits per heavy atom. The summed E-state index contributed by atoms with van der Waals surface area (Å²) in [5.41, 5.74) is 2.28. The maximum absolute atomic E-state index is 13.8. The van der Waals surface area contributed by atoms with E-state index in [4.69, 9.17) is 5.11 Å². The van der Waals surface area contributed by atoms with Crippen LogP contribution in [0.2, 0.25) is 0 Å². The summed E-state index contributed by atoms with van der Waals surface area (Å²) >= 11 is 0. The number of benzene rings is 1. The Hall–Kier alpha value is -2.70. The lowest BCUT2D eigenvalue weighted by atomic mass is 10.0. The van der Waals surface area contributed by atoms with E-state index < -0.39 is 5.97 Å². The number of carbonyl (C=O) groups is 2. The zero-order valence-electron chi connectivity index (χ0n) is 15.1. The van der Waals surface area contributed by atoms with Crippen LogP contribution in [0, 0.1) is 26.6 Å². The predicted octanol–water partition coefficient (Wildman–Crippen LogP) is 3.12. The largest absolute Gasteiger partial charge is 0.478 e. The number of hydrogen-bond donors (Lipinski definition) is 1. The molecule has 1 fully saturated rings. The molecule has 0 bridgehead atoms. The van der Waals surface area contributed by atoms with E-state index in [9.17, 15) is 14.0 Å². The van der Waals surface area contributed by atoms with Crippen LogP contribution in [0.5, 0.6) is 0 Å². The molecule has 1 aromatic heterocycles. The molecule has 1 N–H and O–H groups in total. The second kappa shape index (κ2) is 6.90. The van der Waals surface area contributed by atoms with E-state index in [1.165, 1.54) is 6.20 Å². The topological polar surface area (TPSA) is 75.4 Å². The van der Waals surface area contributed by atoms with Gasteiger partial charge in [0.05, 0.1) is 17.9 Å². The highest BCUT2D eigenvalue weighted by Crippen LogP contribution is 2.26. The van der Waals surface area contributed by atoms with Crippen LogP contribution in [-0.4, -0.2) is 44.8 Å². The number of carbonyl (C=O) groups excluding carboxylic acids is 1. The zero-order valence-corrected chi connectivity index (χ0v) is 15.1. The molecule has 0 unspecified atom stereocenters. The normalized spacial score (nSPS) is 15.3. The maximum atomic E-state index is 13.8. The van der Waals surface area contributed by atoms with E-state index in [-0.39, 0.29) is 23.3 Å². The summed E-state index contributed by atoms with van der Waals surface area (Å²) in [5.74, 6) is -1.36. The van der Waals surface area contributed by atoms with E-state index in [0.29, 0.717) is 48.3 Å². The van der Waals surface area contributed by atoms with E-state index in [1.807, 2.05) is 0 Å². The Labute approximate surface area is 151 Å². The first-order valence-electron chi connectivity index (χ1n) is 8.63. The van der Waals surface area contributed by atoms with Crippen molar-refractivity contribution in [3.63, 3.8) is 0 Å². The zero-order chi connectivity index (χ0) is 19.0. The fraction of sp³-hybridized carbons (Fsp3) is 0.421. The van der Waals surface area contributed by atoms with Gasteiger partial charge in [0, 0.05) is 18.7 Å². The molecule has 0 radical (unpaired) electrons. The molecule has 1 amide bonds. The van der Waals surface area contributed by atoms with Crippen molar-refractivity contribution in [3.05, 3.63) is 52.1 Å². The molecule has 0 aliphatic carbocycles. The van der Waals surface area contributed by atoms with Gasteiger partial charge in [-0.05, 0) is 56.9 Å². The number of hydrogen-bond acceptors (Lipinski definition) is 3. The molecular formula is C19H22FN3O3. The number of aryl methyl sites for hydroxylation is 2. The van der Waals surface area contributed by atoms with Gasteiger partial charge in [0.25, 0.3) is 5.91 Å². The summed E-state index contributed by atoms with van der Waals surface area (Å²) in [6.07, 6.45) is 2.78. The van der Waals surface area contributed by atoms with Crippen LogP contribution in [0.25, 0.3) is 0 Å². The van der Waals surface area contributed by atoms with Crippen molar-refractivity contribution in [2.45, 2.75) is 39.7 Å². The Morgan fingerprint density at radius 3 is 2.23 bits per heavy atom. The minimum absolute atomic E-state index is 0.0730. The third kappa shape index (κ3) is 3.21. The number of amides is 1. The number of aromatic carboxylic acids is 1. The highest BCUT2D eigenvalue weighted by atomic mass is 19.1. The number of nitrogens with zero attached hydrogens (tertiary/aromatic N) is 3. The number of rotatable bonds is 3.